The van der Waals surface area contributed by atoms with Crippen molar-refractivity contribution in [3.63, 3.8) is 0 Å². The van der Waals surface area contributed by atoms with Gasteiger partial charge in [-0.2, -0.15) is 5.10 Å². The molecular formula is C20H18N6O3. The van der Waals surface area contributed by atoms with Crippen LogP contribution in [-0.4, -0.2) is 48.9 Å². The van der Waals surface area contributed by atoms with E-state index in [1.54, 1.807) is 18.3 Å². The summed E-state index contributed by atoms with van der Waals surface area (Å²) in [6.07, 6.45) is 6.04. The van der Waals surface area contributed by atoms with E-state index in [0.717, 1.165) is 12.8 Å². The van der Waals surface area contributed by atoms with E-state index >= 15 is 0 Å². The number of nitrogens with zero attached hydrogens (tertiary/aromatic N) is 5. The van der Waals surface area contributed by atoms with E-state index in [4.69, 9.17) is 0 Å². The zero-order valence-corrected chi connectivity index (χ0v) is 15.7. The maximum Gasteiger partial charge on any atom is 0.261 e. The molecule has 3 heterocycles. The van der Waals surface area contributed by atoms with Crippen molar-refractivity contribution in [1.82, 2.24) is 24.6 Å². The third-order valence-electron chi connectivity index (χ3n) is 4.64. The Kier molecular flexibility index (Phi) is 4.86. The second-order valence-corrected chi connectivity index (χ2v) is 6.54. The Hall–Kier alpha value is -3.88. The van der Waals surface area contributed by atoms with Crippen LogP contribution in [0.25, 0.3) is 5.82 Å². The summed E-state index contributed by atoms with van der Waals surface area (Å²) < 4.78 is 1.44. The van der Waals surface area contributed by atoms with E-state index in [1.165, 1.54) is 40.4 Å². The molecule has 9 heteroatoms. The van der Waals surface area contributed by atoms with Gasteiger partial charge in [0, 0.05) is 18.3 Å². The van der Waals surface area contributed by atoms with Crippen LogP contribution in [0.15, 0.2) is 49.2 Å². The van der Waals surface area contributed by atoms with Gasteiger partial charge in [0.05, 0.1) is 16.8 Å². The van der Waals surface area contributed by atoms with Crippen LogP contribution in [0.1, 0.15) is 50.8 Å². The van der Waals surface area contributed by atoms with Crippen LogP contribution in [0.2, 0.25) is 0 Å². The number of amides is 3. The van der Waals surface area contributed by atoms with Crippen molar-refractivity contribution >= 4 is 23.4 Å². The van der Waals surface area contributed by atoms with Gasteiger partial charge in [0.25, 0.3) is 17.7 Å². The van der Waals surface area contributed by atoms with Gasteiger partial charge in [-0.25, -0.2) is 14.6 Å². The van der Waals surface area contributed by atoms with Gasteiger partial charge < -0.3 is 5.32 Å². The number of pyridine rings is 1. The zero-order chi connectivity index (χ0) is 20.4. The van der Waals surface area contributed by atoms with Crippen LogP contribution >= 0.6 is 0 Å². The molecule has 0 saturated heterocycles. The van der Waals surface area contributed by atoms with Gasteiger partial charge >= 0.3 is 0 Å². The summed E-state index contributed by atoms with van der Waals surface area (Å²) in [6.45, 7) is 2.37. The highest BCUT2D eigenvalue weighted by molar-refractivity contribution is 6.22. The summed E-state index contributed by atoms with van der Waals surface area (Å²) in [5, 5.41) is 6.81. The van der Waals surface area contributed by atoms with Crippen molar-refractivity contribution in [2.75, 3.05) is 11.9 Å². The van der Waals surface area contributed by atoms with Crippen molar-refractivity contribution in [2.24, 2.45) is 0 Å². The molecule has 9 nitrogen and oxygen atoms in total. The molecule has 1 N–H and O–H groups in total. The minimum absolute atomic E-state index is 0.251. The molecule has 0 bridgehead atoms. The Morgan fingerprint density at radius 1 is 1.14 bits per heavy atom. The van der Waals surface area contributed by atoms with E-state index in [9.17, 15) is 14.4 Å². The number of unbranched alkanes of at least 4 members (excludes halogenated alkanes) is 1. The molecule has 4 rings (SSSR count). The fourth-order valence-corrected chi connectivity index (χ4v) is 3.14. The maximum absolute atomic E-state index is 12.8. The second-order valence-electron chi connectivity index (χ2n) is 6.54. The molecule has 1 aliphatic rings. The first-order valence-corrected chi connectivity index (χ1v) is 9.21. The molecule has 29 heavy (non-hydrogen) atoms. The fraction of sp³-hybridized carbons (Fsp3) is 0.200. The lowest BCUT2D eigenvalue weighted by Gasteiger charge is -2.12. The SMILES string of the molecule is CCCCN1C(=O)c2ccc(C(=O)Nc3cccnc3-n3cncn3)cc2C1=O. The van der Waals surface area contributed by atoms with Crippen molar-refractivity contribution in [1.29, 1.82) is 0 Å². The van der Waals surface area contributed by atoms with Crippen LogP contribution in [0.3, 0.4) is 0 Å². The van der Waals surface area contributed by atoms with E-state index < -0.39 is 5.91 Å². The van der Waals surface area contributed by atoms with Gasteiger partial charge in [0.1, 0.15) is 12.7 Å². The number of nitrogens with one attached hydrogen (secondary N) is 1. The topological polar surface area (TPSA) is 110 Å². The first-order chi connectivity index (χ1) is 14.1. The number of imide groups is 1. The highest BCUT2D eigenvalue weighted by Gasteiger charge is 2.35. The molecule has 1 aromatic carbocycles. The number of benzene rings is 1. The molecule has 0 aliphatic carbocycles. The Bertz CT molecular complexity index is 1090. The van der Waals surface area contributed by atoms with E-state index in [2.05, 4.69) is 20.4 Å². The number of hydrogen-bond acceptors (Lipinski definition) is 6. The summed E-state index contributed by atoms with van der Waals surface area (Å²) in [5.74, 6) is -0.685. The molecule has 0 radical (unpaired) electrons. The maximum atomic E-state index is 12.8. The highest BCUT2D eigenvalue weighted by Crippen LogP contribution is 2.25. The molecule has 0 unspecified atom stereocenters. The molecule has 146 valence electrons. The van der Waals surface area contributed by atoms with Crippen molar-refractivity contribution in [3.05, 3.63) is 65.9 Å². The first-order valence-electron chi connectivity index (χ1n) is 9.21. The number of aromatic nitrogens is 4. The van der Waals surface area contributed by atoms with Gasteiger partial charge in [-0.3, -0.25) is 19.3 Å². The van der Waals surface area contributed by atoms with E-state index in [0.29, 0.717) is 23.6 Å². The molecule has 1 aliphatic heterocycles. The molecule has 0 saturated carbocycles. The number of rotatable bonds is 6. The van der Waals surface area contributed by atoms with Crippen LogP contribution in [-0.2, 0) is 0 Å². The molecule has 3 aromatic rings. The van der Waals surface area contributed by atoms with Gasteiger partial charge in [0.15, 0.2) is 5.82 Å². The Labute approximate surface area is 166 Å². The molecular weight excluding hydrogens is 372 g/mol. The predicted octanol–water partition coefficient (Wildman–Crippen LogP) is 2.31. The first kappa shape index (κ1) is 18.5. The normalized spacial score (nSPS) is 12.9. The van der Waals surface area contributed by atoms with Crippen LogP contribution in [0, 0.1) is 0 Å². The van der Waals surface area contributed by atoms with Crippen molar-refractivity contribution < 1.29 is 14.4 Å². The van der Waals surface area contributed by atoms with Gasteiger partial charge in [-0.05, 0) is 36.8 Å². The van der Waals surface area contributed by atoms with Crippen LogP contribution < -0.4 is 5.32 Å². The monoisotopic (exact) mass is 390 g/mol. The summed E-state index contributed by atoms with van der Waals surface area (Å²) in [7, 11) is 0. The number of anilines is 1. The lowest BCUT2D eigenvalue weighted by atomic mass is 10.1. The largest absolute Gasteiger partial charge is 0.319 e. The molecule has 3 amide bonds. The predicted molar refractivity (Wildman–Crippen MR) is 104 cm³/mol. The average molecular weight is 390 g/mol. The quantitative estimate of drug-likeness (QED) is 0.647. The molecule has 0 fully saturated rings. The molecule has 0 atom stereocenters. The fourth-order valence-electron chi connectivity index (χ4n) is 3.14. The van der Waals surface area contributed by atoms with Crippen molar-refractivity contribution in [2.45, 2.75) is 19.8 Å². The number of carbonyl (C=O) groups is 3. The summed E-state index contributed by atoms with van der Waals surface area (Å²) in [4.78, 5) is 47.2. The standard InChI is InChI=1S/C20H18N6O3/c1-2-3-9-25-19(28)14-7-6-13(10-15(14)20(25)29)18(27)24-16-5-4-8-22-17(16)26-12-21-11-23-26/h4-8,10-12H,2-3,9H2,1H3,(H,24,27). The third-order valence-corrected chi connectivity index (χ3v) is 4.64. The van der Waals surface area contributed by atoms with Crippen LogP contribution in [0.4, 0.5) is 5.69 Å². The number of fused-ring (bicyclic) bond motifs is 1. The van der Waals surface area contributed by atoms with Crippen LogP contribution in [0.5, 0.6) is 0 Å². The summed E-state index contributed by atoms with van der Waals surface area (Å²) in [6, 6.07) is 7.90. The molecule has 0 spiro atoms. The minimum atomic E-state index is -0.422. The number of hydrogen-bond donors (Lipinski definition) is 1. The van der Waals surface area contributed by atoms with E-state index in [1.807, 2.05) is 6.92 Å². The lowest BCUT2D eigenvalue weighted by Crippen LogP contribution is -2.30. The van der Waals surface area contributed by atoms with Crippen molar-refractivity contribution in [3.8, 4) is 5.82 Å². The Balaban J connectivity index is 1.59. The average Bonchev–Trinajstić information content (AvgIpc) is 3.35. The number of carbonyl (C=O) groups excluding carboxylic acids is 3. The zero-order valence-electron chi connectivity index (χ0n) is 15.7. The van der Waals surface area contributed by atoms with Gasteiger partial charge in [0.2, 0.25) is 0 Å². The Morgan fingerprint density at radius 3 is 2.72 bits per heavy atom. The van der Waals surface area contributed by atoms with E-state index in [-0.39, 0.29) is 22.9 Å². The summed E-state index contributed by atoms with van der Waals surface area (Å²) >= 11 is 0. The minimum Gasteiger partial charge on any atom is -0.319 e. The van der Waals surface area contributed by atoms with Gasteiger partial charge in [-0.15, -0.1) is 0 Å². The smallest absolute Gasteiger partial charge is 0.261 e. The lowest BCUT2D eigenvalue weighted by molar-refractivity contribution is 0.0652. The van der Waals surface area contributed by atoms with Gasteiger partial charge in [-0.1, -0.05) is 13.3 Å². The third kappa shape index (κ3) is 3.38. The molecule has 2 aromatic heterocycles. The Morgan fingerprint density at radius 2 is 1.97 bits per heavy atom. The second kappa shape index (κ2) is 7.63. The summed E-state index contributed by atoms with van der Waals surface area (Å²) in [5.41, 5.74) is 1.29. The highest BCUT2D eigenvalue weighted by atomic mass is 16.2.